The molecule has 2 aliphatic heterocycles. The Hall–Kier alpha value is -2.27. The summed E-state index contributed by atoms with van der Waals surface area (Å²) >= 11 is 1.97. The van der Waals surface area contributed by atoms with E-state index >= 15 is 0 Å². The van der Waals surface area contributed by atoms with Crippen LogP contribution in [-0.2, 0) is 18.1 Å². The predicted octanol–water partition coefficient (Wildman–Crippen LogP) is 7.57. The molecule has 45 heavy (non-hydrogen) atoms. The van der Waals surface area contributed by atoms with E-state index in [4.69, 9.17) is 0 Å². The number of hydrogen-bond acceptors (Lipinski definition) is 5. The lowest BCUT2D eigenvalue weighted by atomic mass is 9.59. The first-order valence-corrected chi connectivity index (χ1v) is 18.0. The van der Waals surface area contributed by atoms with Crippen LogP contribution in [-0.4, -0.2) is 49.3 Å². The number of hydrogen-bond donors (Lipinski definition) is 1. The number of alkyl halides is 3. The first kappa shape index (κ1) is 31.3. The van der Waals surface area contributed by atoms with Gasteiger partial charge >= 0.3 is 11.9 Å². The maximum atomic E-state index is 14.4. The molecular weight excluding hydrogens is 595 g/mol. The van der Waals surface area contributed by atoms with E-state index in [1.807, 2.05) is 30.0 Å². The third-order valence-corrected chi connectivity index (χ3v) is 12.1. The highest BCUT2D eigenvalue weighted by molar-refractivity contribution is 8.00. The lowest BCUT2D eigenvalue weighted by Gasteiger charge is -2.51. The van der Waals surface area contributed by atoms with Gasteiger partial charge in [0, 0.05) is 36.9 Å². The van der Waals surface area contributed by atoms with Crippen molar-refractivity contribution in [2.75, 3.05) is 19.0 Å². The van der Waals surface area contributed by atoms with E-state index in [1.165, 1.54) is 59.8 Å². The number of halogens is 3. The minimum absolute atomic E-state index is 0.0851. The number of piperidine rings is 1. The van der Waals surface area contributed by atoms with Gasteiger partial charge in [0.25, 0.3) is 0 Å². The predicted molar refractivity (Wildman–Crippen MR) is 174 cm³/mol. The third-order valence-electron chi connectivity index (χ3n) is 10.8. The fourth-order valence-electron chi connectivity index (χ4n) is 8.63. The molecule has 0 spiro atoms. The topological polar surface area (TPSA) is 44.9 Å². The number of hydrazine groups is 1. The summed E-state index contributed by atoms with van der Waals surface area (Å²) in [6, 6.07) is 9.81. The summed E-state index contributed by atoms with van der Waals surface area (Å²) in [7, 11) is 0. The zero-order valence-corrected chi connectivity index (χ0v) is 27.3. The number of thioether (sulfide) groups is 1. The minimum Gasteiger partial charge on any atom is -0.299 e. The average Bonchev–Trinajstić information content (AvgIpc) is 3.50. The molecule has 1 unspecified atom stereocenters. The first-order chi connectivity index (χ1) is 21.6. The van der Waals surface area contributed by atoms with Crippen molar-refractivity contribution in [3.8, 4) is 5.69 Å². The summed E-state index contributed by atoms with van der Waals surface area (Å²) in [5, 5.41) is 2.70. The van der Waals surface area contributed by atoms with Gasteiger partial charge in [-0.15, -0.1) is 11.8 Å². The fourth-order valence-corrected chi connectivity index (χ4v) is 10.1. The molecule has 10 heteroatoms. The molecule has 4 aliphatic rings. The fraction of sp³-hybridized carbons (Fsp3) is 0.629. The molecule has 4 fully saturated rings. The van der Waals surface area contributed by atoms with Gasteiger partial charge in [0.2, 0.25) is 0 Å². The second-order valence-corrected chi connectivity index (χ2v) is 15.5. The van der Waals surface area contributed by atoms with Crippen LogP contribution in [0.15, 0.2) is 47.5 Å². The zero-order chi connectivity index (χ0) is 31.3. The molecule has 4 heterocycles. The van der Waals surface area contributed by atoms with Crippen LogP contribution in [0.2, 0.25) is 0 Å². The lowest BCUT2D eigenvalue weighted by Crippen LogP contribution is -2.55. The van der Waals surface area contributed by atoms with Crippen molar-refractivity contribution in [2.45, 2.75) is 108 Å². The molecule has 2 aromatic heterocycles. The largest absolute Gasteiger partial charge is 0.418 e. The van der Waals surface area contributed by atoms with Gasteiger partial charge in [-0.3, -0.25) is 13.9 Å². The highest BCUT2D eigenvalue weighted by Gasteiger charge is 2.52. The Bertz CT molecular complexity index is 1570. The highest BCUT2D eigenvalue weighted by atomic mass is 32.2. The van der Waals surface area contributed by atoms with Gasteiger partial charge < -0.3 is 0 Å². The molecule has 0 amide bonds. The highest BCUT2D eigenvalue weighted by Crippen LogP contribution is 2.54. The Morgan fingerprint density at radius 1 is 0.978 bits per heavy atom. The molecule has 2 aliphatic carbocycles. The van der Waals surface area contributed by atoms with E-state index in [-0.39, 0.29) is 16.3 Å². The Labute approximate surface area is 268 Å². The number of nitrogens with zero attached hydrogens (tertiary/aromatic N) is 4. The van der Waals surface area contributed by atoms with Crippen molar-refractivity contribution < 1.29 is 13.2 Å². The molecular formula is C35H46F3N5OS. The first-order valence-electron chi connectivity index (χ1n) is 16.9. The SMILES string of the molecule is CC1CC(c2cccc(-n3cc4c(C(F)(F)F)cc(CN5CCC[C@H](C)C5)cn4c3=O)c2)(C2NN(C3CCCCCC3)CS2)C1. The van der Waals surface area contributed by atoms with E-state index in [9.17, 15) is 18.0 Å². The third kappa shape index (κ3) is 6.12. The van der Waals surface area contributed by atoms with Gasteiger partial charge in [0.1, 0.15) is 0 Å². The number of imidazole rings is 1. The molecule has 2 saturated carbocycles. The van der Waals surface area contributed by atoms with Gasteiger partial charge in [-0.05, 0) is 86.2 Å². The molecule has 3 aromatic rings. The molecule has 1 aromatic carbocycles. The van der Waals surface area contributed by atoms with Gasteiger partial charge in [0.15, 0.2) is 0 Å². The summed E-state index contributed by atoms with van der Waals surface area (Å²) in [5.41, 5.74) is 4.78. The summed E-state index contributed by atoms with van der Waals surface area (Å²) in [5.74, 6) is 2.08. The van der Waals surface area contributed by atoms with Gasteiger partial charge in [-0.2, -0.15) is 13.2 Å². The summed E-state index contributed by atoms with van der Waals surface area (Å²) in [6.07, 6.45) is 10.4. The Balaban J connectivity index is 1.21. The number of aromatic nitrogens is 2. The van der Waals surface area contributed by atoms with Gasteiger partial charge in [0.05, 0.1) is 28.0 Å². The number of nitrogens with one attached hydrogen (secondary N) is 1. The van der Waals surface area contributed by atoms with Crippen molar-refractivity contribution in [1.29, 1.82) is 0 Å². The van der Waals surface area contributed by atoms with Crippen LogP contribution in [0, 0.1) is 11.8 Å². The summed E-state index contributed by atoms with van der Waals surface area (Å²) < 4.78 is 45.8. The Morgan fingerprint density at radius 3 is 2.47 bits per heavy atom. The van der Waals surface area contributed by atoms with E-state index in [1.54, 1.807) is 6.20 Å². The number of likely N-dealkylation sites (tertiary alicyclic amines) is 1. The van der Waals surface area contributed by atoms with E-state index in [0.717, 1.165) is 50.2 Å². The molecule has 244 valence electrons. The molecule has 7 rings (SSSR count). The van der Waals surface area contributed by atoms with Crippen LogP contribution in [0.3, 0.4) is 0 Å². The lowest BCUT2D eigenvalue weighted by molar-refractivity contribution is -0.136. The maximum Gasteiger partial charge on any atom is 0.418 e. The summed E-state index contributed by atoms with van der Waals surface area (Å²) in [4.78, 5) is 16.0. The standard InChI is InChI=1S/C35H46F3N5OS/c1-24-9-8-14-40(19-24)20-26-15-30(35(36,37)38)31-22-41(33(44)42(31)21-26)29-13-7-10-27(16-29)34(17-25(2)18-34)32-39-43(23-45-32)28-11-5-3-4-6-12-28/h7,10,13,15-16,21-22,24-25,28,32,39H,3-6,8-9,11-12,14,17-20,23H2,1-2H3/t24-,25?,32?,34?/m0/s1. The monoisotopic (exact) mass is 641 g/mol. The van der Waals surface area contributed by atoms with Crippen LogP contribution >= 0.6 is 11.8 Å². The molecule has 2 atom stereocenters. The Kier molecular flexibility index (Phi) is 8.63. The van der Waals surface area contributed by atoms with Gasteiger partial charge in [-0.25, -0.2) is 15.2 Å². The van der Waals surface area contributed by atoms with Crippen molar-refractivity contribution in [2.24, 2.45) is 11.8 Å². The van der Waals surface area contributed by atoms with Crippen LogP contribution in [0.5, 0.6) is 0 Å². The zero-order valence-electron chi connectivity index (χ0n) is 26.5. The van der Waals surface area contributed by atoms with Crippen molar-refractivity contribution >= 4 is 17.3 Å². The molecule has 2 saturated heterocycles. The van der Waals surface area contributed by atoms with E-state index in [2.05, 4.69) is 35.2 Å². The quantitative estimate of drug-likeness (QED) is 0.282. The van der Waals surface area contributed by atoms with E-state index in [0.29, 0.717) is 35.7 Å². The van der Waals surface area contributed by atoms with E-state index < -0.39 is 17.4 Å². The van der Waals surface area contributed by atoms with Crippen LogP contribution in [0.1, 0.15) is 94.7 Å². The average molecular weight is 642 g/mol. The normalized spacial score (nSPS) is 29.2. The number of benzene rings is 1. The molecule has 6 nitrogen and oxygen atoms in total. The second-order valence-electron chi connectivity index (χ2n) is 14.4. The number of pyridine rings is 1. The Morgan fingerprint density at radius 2 is 1.76 bits per heavy atom. The molecule has 0 bridgehead atoms. The molecule has 0 radical (unpaired) electrons. The minimum atomic E-state index is -4.57. The van der Waals surface area contributed by atoms with Crippen molar-refractivity contribution in [3.63, 3.8) is 0 Å². The van der Waals surface area contributed by atoms with Crippen LogP contribution in [0.4, 0.5) is 13.2 Å². The van der Waals surface area contributed by atoms with Crippen molar-refractivity contribution in [3.05, 3.63) is 69.9 Å². The summed E-state index contributed by atoms with van der Waals surface area (Å²) in [6.45, 7) is 6.59. The second kappa shape index (κ2) is 12.4. The number of fused-ring (bicyclic) bond motifs is 1. The van der Waals surface area contributed by atoms with Crippen molar-refractivity contribution in [1.82, 2.24) is 24.3 Å². The smallest absolute Gasteiger partial charge is 0.299 e. The number of rotatable bonds is 6. The maximum absolute atomic E-state index is 14.4. The van der Waals surface area contributed by atoms with Gasteiger partial charge in [-0.1, -0.05) is 51.7 Å². The van der Waals surface area contributed by atoms with Crippen LogP contribution < -0.4 is 11.1 Å². The van der Waals surface area contributed by atoms with Crippen LogP contribution in [0.25, 0.3) is 11.2 Å². The molecule has 1 N–H and O–H groups in total.